The number of benzene rings is 1. The average Bonchev–Trinajstić information content (AvgIpc) is 2.57. The first kappa shape index (κ1) is 23.2. The molecule has 4 N–H and O–H groups in total. The van der Waals surface area contributed by atoms with Crippen LogP contribution in [-0.4, -0.2) is 53.9 Å². The van der Waals surface area contributed by atoms with Gasteiger partial charge in [-0.25, -0.2) is 9.59 Å². The molecule has 10 heteroatoms. The van der Waals surface area contributed by atoms with Crippen LogP contribution in [0, 0.1) is 5.92 Å². The first-order valence-corrected chi connectivity index (χ1v) is 9.13. The number of rotatable bonds is 3. The van der Waals surface area contributed by atoms with Crippen molar-refractivity contribution in [3.8, 4) is 0 Å². The molecule has 1 aromatic carbocycles. The van der Waals surface area contributed by atoms with Gasteiger partial charge in [0.1, 0.15) is 0 Å². The zero-order chi connectivity index (χ0) is 20.6. The molecule has 27 heavy (non-hydrogen) atoms. The van der Waals surface area contributed by atoms with Crippen molar-refractivity contribution in [1.82, 2.24) is 10.2 Å². The predicted octanol–water partition coefficient (Wildman–Crippen LogP) is 3.00. The number of aliphatic carboxylic acids is 1. The van der Waals surface area contributed by atoms with Crippen LogP contribution in [0.1, 0.15) is 18.9 Å². The third-order valence-corrected chi connectivity index (χ3v) is 4.57. The Morgan fingerprint density at radius 1 is 1.41 bits per heavy atom. The number of urea groups is 1. The first-order chi connectivity index (χ1) is 12.5. The van der Waals surface area contributed by atoms with Gasteiger partial charge in [-0.15, -0.1) is 0 Å². The Morgan fingerprint density at radius 3 is 2.56 bits per heavy atom. The van der Waals surface area contributed by atoms with Crippen molar-refractivity contribution in [3.05, 3.63) is 34.3 Å². The van der Waals surface area contributed by atoms with Gasteiger partial charge < -0.3 is 21.1 Å². The van der Waals surface area contributed by atoms with Crippen LogP contribution in [0.4, 0.5) is 18.0 Å². The Bertz CT molecular complexity index is 643. The van der Waals surface area contributed by atoms with E-state index in [2.05, 4.69) is 40.3 Å². The van der Waals surface area contributed by atoms with Crippen LogP contribution in [-0.2, 0) is 11.2 Å². The zero-order valence-corrected chi connectivity index (χ0v) is 16.4. The zero-order valence-electron chi connectivity index (χ0n) is 14.8. The Labute approximate surface area is 164 Å². The summed E-state index contributed by atoms with van der Waals surface area (Å²) in [5.41, 5.74) is 7.18. The number of carbonyl (C=O) groups is 2. The summed E-state index contributed by atoms with van der Waals surface area (Å²) in [6, 6.07) is 8.40. The summed E-state index contributed by atoms with van der Waals surface area (Å²) < 4.78 is 32.8. The molecule has 1 aliphatic rings. The molecule has 152 valence electrons. The molecule has 2 atom stereocenters. The number of carboxylic acid groups (broad SMARTS) is 1. The number of carboxylic acids is 1. The quantitative estimate of drug-likeness (QED) is 0.655. The number of amides is 2. The molecule has 1 aliphatic heterocycles. The summed E-state index contributed by atoms with van der Waals surface area (Å²) in [7, 11) is 0. The van der Waals surface area contributed by atoms with Crippen molar-refractivity contribution in [2.24, 2.45) is 11.7 Å². The van der Waals surface area contributed by atoms with E-state index < -0.39 is 12.1 Å². The van der Waals surface area contributed by atoms with Crippen LogP contribution in [0.15, 0.2) is 28.7 Å². The molecule has 1 aromatic rings. The van der Waals surface area contributed by atoms with Gasteiger partial charge in [0, 0.05) is 30.1 Å². The van der Waals surface area contributed by atoms with E-state index >= 15 is 0 Å². The number of hydrogen-bond donors (Lipinski definition) is 3. The second kappa shape index (κ2) is 10.5. The van der Waals surface area contributed by atoms with E-state index in [9.17, 15) is 18.0 Å². The van der Waals surface area contributed by atoms with Gasteiger partial charge in [-0.3, -0.25) is 0 Å². The normalized spacial score (nSPS) is 19.7. The smallest absolute Gasteiger partial charge is 0.475 e. The van der Waals surface area contributed by atoms with Gasteiger partial charge in [0.05, 0.1) is 0 Å². The molecule has 0 aliphatic carbocycles. The van der Waals surface area contributed by atoms with E-state index in [0.29, 0.717) is 12.5 Å². The topological polar surface area (TPSA) is 95.7 Å². The van der Waals surface area contributed by atoms with Crippen molar-refractivity contribution in [2.45, 2.75) is 32.0 Å². The summed E-state index contributed by atoms with van der Waals surface area (Å²) >= 11 is 3.45. The summed E-state index contributed by atoms with van der Waals surface area (Å²) in [5, 5.41) is 10.1. The fraction of sp³-hybridized carbons (Fsp3) is 0.529. The number of carbonyl (C=O) groups excluding carboxylic acids is 1. The molecule has 1 saturated heterocycles. The van der Waals surface area contributed by atoms with Gasteiger partial charge in [-0.05, 0) is 36.5 Å². The van der Waals surface area contributed by atoms with Gasteiger partial charge in [-0.2, -0.15) is 13.2 Å². The van der Waals surface area contributed by atoms with E-state index in [1.54, 1.807) is 0 Å². The number of likely N-dealkylation sites (tertiary alicyclic amines) is 1. The lowest BCUT2D eigenvalue weighted by atomic mass is 9.95. The molecule has 0 spiro atoms. The molecule has 0 saturated carbocycles. The van der Waals surface area contributed by atoms with E-state index in [1.165, 1.54) is 5.56 Å². The van der Waals surface area contributed by atoms with Crippen molar-refractivity contribution >= 4 is 27.9 Å². The highest BCUT2D eigenvalue weighted by atomic mass is 79.9. The SMILES string of the molecule is CC1CN(C(=O)NCCc2cccc(Br)c2)CCC1N.O=C(O)C(F)(F)F. The summed E-state index contributed by atoms with van der Waals surface area (Å²) in [4.78, 5) is 22.8. The minimum Gasteiger partial charge on any atom is -0.475 e. The van der Waals surface area contributed by atoms with E-state index in [-0.39, 0.29) is 12.1 Å². The Morgan fingerprint density at radius 2 is 2.04 bits per heavy atom. The molecule has 2 unspecified atom stereocenters. The third-order valence-electron chi connectivity index (χ3n) is 4.08. The van der Waals surface area contributed by atoms with Crippen molar-refractivity contribution in [3.63, 3.8) is 0 Å². The number of halogens is 4. The fourth-order valence-corrected chi connectivity index (χ4v) is 2.91. The van der Waals surface area contributed by atoms with Crippen molar-refractivity contribution in [1.29, 1.82) is 0 Å². The molecular weight excluding hydrogens is 431 g/mol. The fourth-order valence-electron chi connectivity index (χ4n) is 2.47. The average molecular weight is 454 g/mol. The van der Waals surface area contributed by atoms with Crippen LogP contribution >= 0.6 is 15.9 Å². The largest absolute Gasteiger partial charge is 0.490 e. The van der Waals surface area contributed by atoms with Gasteiger partial charge in [-0.1, -0.05) is 35.0 Å². The Kier molecular flexibility index (Phi) is 9.04. The van der Waals surface area contributed by atoms with E-state index in [4.69, 9.17) is 15.6 Å². The van der Waals surface area contributed by atoms with Crippen LogP contribution < -0.4 is 11.1 Å². The molecule has 1 heterocycles. The molecule has 0 bridgehead atoms. The number of piperidine rings is 1. The number of alkyl halides is 3. The first-order valence-electron chi connectivity index (χ1n) is 8.33. The molecule has 6 nitrogen and oxygen atoms in total. The lowest BCUT2D eigenvalue weighted by Crippen LogP contribution is -2.51. The molecule has 1 fully saturated rings. The predicted molar refractivity (Wildman–Crippen MR) is 98.3 cm³/mol. The maximum atomic E-state index is 12.1. The van der Waals surface area contributed by atoms with Gasteiger partial charge >= 0.3 is 18.2 Å². The standard InChI is InChI=1S/C15H22BrN3O.C2HF3O2/c1-11-10-19(8-6-14(11)17)15(20)18-7-5-12-3-2-4-13(16)9-12;3-2(4,5)1(6)7/h2-4,9,11,14H,5-8,10,17H2,1H3,(H,18,20);(H,6,7). The van der Waals surface area contributed by atoms with Crippen LogP contribution in [0.3, 0.4) is 0 Å². The lowest BCUT2D eigenvalue weighted by Gasteiger charge is -2.35. The molecule has 0 aromatic heterocycles. The Balaban J connectivity index is 0.000000445. The van der Waals surface area contributed by atoms with Gasteiger partial charge in [0.25, 0.3) is 0 Å². The summed E-state index contributed by atoms with van der Waals surface area (Å²) in [6.07, 6.45) is -3.35. The number of nitrogens with one attached hydrogen (secondary N) is 1. The molecular formula is C17H23BrF3N3O3. The number of nitrogens with two attached hydrogens (primary N) is 1. The van der Waals surface area contributed by atoms with Gasteiger partial charge in [0.15, 0.2) is 0 Å². The van der Waals surface area contributed by atoms with E-state index in [0.717, 1.165) is 30.4 Å². The maximum absolute atomic E-state index is 12.1. The van der Waals surface area contributed by atoms with Crippen LogP contribution in [0.5, 0.6) is 0 Å². The lowest BCUT2D eigenvalue weighted by molar-refractivity contribution is -0.192. The minimum absolute atomic E-state index is 0.0266. The number of nitrogens with zero attached hydrogens (tertiary/aromatic N) is 1. The second-order valence-corrected chi connectivity index (χ2v) is 7.21. The monoisotopic (exact) mass is 453 g/mol. The highest BCUT2D eigenvalue weighted by molar-refractivity contribution is 9.10. The third kappa shape index (κ3) is 8.61. The maximum Gasteiger partial charge on any atom is 0.490 e. The highest BCUT2D eigenvalue weighted by Gasteiger charge is 2.38. The summed E-state index contributed by atoms with van der Waals surface area (Å²) in [5.74, 6) is -2.38. The molecule has 2 rings (SSSR count). The van der Waals surface area contributed by atoms with Gasteiger partial charge in [0.2, 0.25) is 0 Å². The minimum atomic E-state index is -5.08. The second-order valence-electron chi connectivity index (χ2n) is 6.29. The Hall–Kier alpha value is -1.81. The van der Waals surface area contributed by atoms with E-state index in [1.807, 2.05) is 17.0 Å². The van der Waals surface area contributed by atoms with Crippen molar-refractivity contribution in [2.75, 3.05) is 19.6 Å². The van der Waals surface area contributed by atoms with Crippen LogP contribution in [0.25, 0.3) is 0 Å². The number of hydrogen-bond acceptors (Lipinski definition) is 3. The van der Waals surface area contributed by atoms with Crippen LogP contribution in [0.2, 0.25) is 0 Å². The molecule has 2 amide bonds. The molecule has 0 radical (unpaired) electrons. The van der Waals surface area contributed by atoms with Crippen molar-refractivity contribution < 1.29 is 27.9 Å². The highest BCUT2D eigenvalue weighted by Crippen LogP contribution is 2.15. The summed E-state index contributed by atoms with van der Waals surface area (Å²) in [6.45, 7) is 4.27.